The van der Waals surface area contributed by atoms with Gasteiger partial charge in [-0.15, -0.1) is 0 Å². The molecule has 2 heterocycles. The number of methoxy groups -OCH3 is 1. The zero-order valence-corrected chi connectivity index (χ0v) is 16.3. The Balaban J connectivity index is 1.66. The molecule has 0 aliphatic carbocycles. The molecule has 6 nitrogen and oxygen atoms in total. The third kappa shape index (κ3) is 4.43. The summed E-state index contributed by atoms with van der Waals surface area (Å²) in [4.78, 5) is 28.7. The molecule has 2 fully saturated rings. The highest BCUT2D eigenvalue weighted by Gasteiger charge is 2.34. The van der Waals surface area contributed by atoms with Gasteiger partial charge in [0, 0.05) is 32.1 Å². The quantitative estimate of drug-likeness (QED) is 0.858. The molecule has 1 atom stereocenters. The van der Waals surface area contributed by atoms with Gasteiger partial charge in [0.2, 0.25) is 5.91 Å². The summed E-state index contributed by atoms with van der Waals surface area (Å²) < 4.78 is 5.28. The maximum Gasteiger partial charge on any atom is 0.325 e. The normalized spacial score (nSPS) is 20.3. The van der Waals surface area contributed by atoms with Gasteiger partial charge in [0.1, 0.15) is 11.8 Å². The Bertz CT molecular complexity index is 677. The molecule has 6 heteroatoms. The Morgan fingerprint density at radius 1 is 1.11 bits per heavy atom. The van der Waals surface area contributed by atoms with Crippen molar-refractivity contribution in [2.75, 3.05) is 33.3 Å². The van der Waals surface area contributed by atoms with Crippen molar-refractivity contribution >= 4 is 11.9 Å². The Morgan fingerprint density at radius 3 is 2.33 bits per heavy atom. The molecule has 2 aliphatic heterocycles. The van der Waals surface area contributed by atoms with Gasteiger partial charge in [0.05, 0.1) is 7.11 Å². The summed E-state index contributed by atoms with van der Waals surface area (Å²) in [7, 11) is 1.61. The van der Waals surface area contributed by atoms with Crippen molar-refractivity contribution in [3.05, 3.63) is 29.3 Å². The highest BCUT2D eigenvalue weighted by atomic mass is 16.5. The predicted molar refractivity (Wildman–Crippen MR) is 103 cm³/mol. The van der Waals surface area contributed by atoms with Crippen LogP contribution in [0.3, 0.4) is 0 Å². The number of rotatable bonds is 5. The molecule has 0 spiro atoms. The van der Waals surface area contributed by atoms with Crippen LogP contribution in [0.15, 0.2) is 18.2 Å². The van der Waals surface area contributed by atoms with Gasteiger partial charge in [-0.1, -0.05) is 12.1 Å². The molecule has 0 saturated carbocycles. The summed E-state index contributed by atoms with van der Waals surface area (Å²) >= 11 is 0. The second kappa shape index (κ2) is 8.74. The van der Waals surface area contributed by atoms with Gasteiger partial charge in [-0.25, -0.2) is 0 Å². The van der Waals surface area contributed by atoms with Gasteiger partial charge in [-0.05, 0) is 56.2 Å². The van der Waals surface area contributed by atoms with Crippen LogP contribution < -0.4 is 4.74 Å². The van der Waals surface area contributed by atoms with E-state index in [2.05, 4.69) is 0 Å². The van der Waals surface area contributed by atoms with E-state index in [0.717, 1.165) is 55.6 Å². The number of likely N-dealkylation sites (tertiary alicyclic amines) is 2. The van der Waals surface area contributed by atoms with Crippen molar-refractivity contribution in [1.29, 1.82) is 0 Å². The van der Waals surface area contributed by atoms with E-state index < -0.39 is 12.0 Å². The molecule has 1 N–H and O–H groups in total. The van der Waals surface area contributed by atoms with Crippen LogP contribution in [-0.2, 0) is 9.59 Å². The fourth-order valence-electron chi connectivity index (χ4n) is 4.36. The molecule has 0 unspecified atom stereocenters. The second-order valence-electron chi connectivity index (χ2n) is 7.67. The molecule has 1 amide bonds. The first-order chi connectivity index (χ1) is 13.0. The molecule has 148 valence electrons. The van der Waals surface area contributed by atoms with Crippen LogP contribution in [0.2, 0.25) is 0 Å². The fraction of sp³-hybridized carbons (Fsp3) is 0.619. The van der Waals surface area contributed by atoms with Crippen LogP contribution in [0.25, 0.3) is 0 Å². The minimum absolute atomic E-state index is 0.0337. The summed E-state index contributed by atoms with van der Waals surface area (Å²) in [5.41, 5.74) is 1.69. The monoisotopic (exact) mass is 374 g/mol. The van der Waals surface area contributed by atoms with E-state index in [1.54, 1.807) is 7.11 Å². The largest absolute Gasteiger partial charge is 0.496 e. The molecule has 1 aromatic rings. The van der Waals surface area contributed by atoms with Crippen molar-refractivity contribution in [3.63, 3.8) is 0 Å². The predicted octanol–water partition coefficient (Wildman–Crippen LogP) is 2.85. The average Bonchev–Trinajstić information content (AvgIpc) is 2.69. The third-order valence-corrected chi connectivity index (χ3v) is 5.88. The molecule has 1 aromatic carbocycles. The Hall–Kier alpha value is -2.08. The number of aryl methyl sites for hydroxylation is 1. The molecule has 2 aliphatic rings. The van der Waals surface area contributed by atoms with Crippen molar-refractivity contribution in [2.24, 2.45) is 5.92 Å². The summed E-state index contributed by atoms with van der Waals surface area (Å²) in [5, 5.41) is 9.83. The fourth-order valence-corrected chi connectivity index (χ4v) is 4.36. The highest BCUT2D eigenvalue weighted by molar-refractivity contribution is 5.79. The number of carboxylic acid groups (broad SMARTS) is 1. The molecular formula is C21H30N2O4. The van der Waals surface area contributed by atoms with Gasteiger partial charge in [0.25, 0.3) is 0 Å². The van der Waals surface area contributed by atoms with E-state index >= 15 is 0 Å². The summed E-state index contributed by atoms with van der Waals surface area (Å²) in [5.74, 6) is 0.210. The number of nitrogens with zero attached hydrogens (tertiary/aromatic N) is 2. The van der Waals surface area contributed by atoms with Crippen LogP contribution >= 0.6 is 0 Å². The van der Waals surface area contributed by atoms with Crippen molar-refractivity contribution in [3.8, 4) is 5.75 Å². The molecule has 2 saturated heterocycles. The Kier molecular flexibility index (Phi) is 6.37. The number of piperidine rings is 2. The first kappa shape index (κ1) is 19.7. The standard InChI is InChI=1S/C21H30N2O4/c1-15-14-17(6-7-18(15)27-2)19(21(25)26)22-12-8-16(9-13-22)20(24)23-10-4-3-5-11-23/h6-7,14,16,19H,3-5,8-13H2,1-2H3,(H,25,26)/t19-/m0/s1. The number of hydrogen-bond donors (Lipinski definition) is 1. The highest BCUT2D eigenvalue weighted by Crippen LogP contribution is 2.31. The third-order valence-electron chi connectivity index (χ3n) is 5.88. The lowest BCUT2D eigenvalue weighted by atomic mass is 9.92. The number of carbonyl (C=O) groups is 2. The van der Waals surface area contributed by atoms with Gasteiger partial charge in [-0.3, -0.25) is 14.5 Å². The van der Waals surface area contributed by atoms with Crippen LogP contribution in [0.4, 0.5) is 0 Å². The van der Waals surface area contributed by atoms with Gasteiger partial charge in [0.15, 0.2) is 0 Å². The molecule has 0 radical (unpaired) electrons. The van der Waals surface area contributed by atoms with E-state index in [1.165, 1.54) is 6.42 Å². The number of hydrogen-bond acceptors (Lipinski definition) is 4. The summed E-state index contributed by atoms with van der Waals surface area (Å²) in [6, 6.07) is 4.87. The van der Waals surface area contributed by atoms with Crippen LogP contribution in [0, 0.1) is 12.8 Å². The second-order valence-corrected chi connectivity index (χ2v) is 7.67. The van der Waals surface area contributed by atoms with Gasteiger partial charge < -0.3 is 14.7 Å². The van der Waals surface area contributed by atoms with Crippen molar-refractivity contribution < 1.29 is 19.4 Å². The molecule has 0 bridgehead atoms. The Labute approximate surface area is 161 Å². The summed E-state index contributed by atoms with van der Waals surface area (Å²) in [6.45, 7) is 4.94. The molecule has 27 heavy (non-hydrogen) atoms. The zero-order valence-electron chi connectivity index (χ0n) is 16.3. The first-order valence-electron chi connectivity index (χ1n) is 9.91. The molecular weight excluding hydrogens is 344 g/mol. The van der Waals surface area contributed by atoms with E-state index in [4.69, 9.17) is 4.74 Å². The number of carboxylic acids is 1. The Morgan fingerprint density at radius 2 is 1.78 bits per heavy atom. The van der Waals surface area contributed by atoms with Crippen LogP contribution in [-0.4, -0.2) is 60.1 Å². The molecule has 3 rings (SSSR count). The zero-order chi connectivity index (χ0) is 19.4. The number of benzene rings is 1. The van der Waals surface area contributed by atoms with E-state index in [0.29, 0.717) is 13.1 Å². The smallest absolute Gasteiger partial charge is 0.325 e. The number of amides is 1. The lowest BCUT2D eigenvalue weighted by molar-refractivity contribution is -0.145. The summed E-state index contributed by atoms with van der Waals surface area (Å²) in [6.07, 6.45) is 4.87. The average molecular weight is 374 g/mol. The maximum atomic E-state index is 12.7. The number of ether oxygens (including phenoxy) is 1. The van der Waals surface area contributed by atoms with Crippen LogP contribution in [0.1, 0.15) is 49.3 Å². The van der Waals surface area contributed by atoms with E-state index in [-0.39, 0.29) is 11.8 Å². The lowest BCUT2D eigenvalue weighted by Crippen LogP contribution is -2.46. The minimum atomic E-state index is -0.847. The van der Waals surface area contributed by atoms with Gasteiger partial charge >= 0.3 is 5.97 Å². The van der Waals surface area contributed by atoms with E-state index in [1.807, 2.05) is 34.9 Å². The van der Waals surface area contributed by atoms with E-state index in [9.17, 15) is 14.7 Å². The SMILES string of the molecule is COc1ccc([C@@H](C(=O)O)N2CCC(C(=O)N3CCCCC3)CC2)cc1C. The topological polar surface area (TPSA) is 70.1 Å². The minimum Gasteiger partial charge on any atom is -0.496 e. The maximum absolute atomic E-state index is 12.7. The lowest BCUT2D eigenvalue weighted by Gasteiger charge is -2.38. The number of carbonyl (C=O) groups excluding carboxylic acids is 1. The van der Waals surface area contributed by atoms with Crippen molar-refractivity contribution in [1.82, 2.24) is 9.80 Å². The van der Waals surface area contributed by atoms with Crippen molar-refractivity contribution in [2.45, 2.75) is 45.1 Å². The molecule has 0 aromatic heterocycles. The first-order valence-corrected chi connectivity index (χ1v) is 9.91. The van der Waals surface area contributed by atoms with Crippen LogP contribution in [0.5, 0.6) is 5.75 Å². The van der Waals surface area contributed by atoms with Gasteiger partial charge in [-0.2, -0.15) is 0 Å². The number of aliphatic carboxylic acids is 1.